The van der Waals surface area contributed by atoms with Gasteiger partial charge in [0.1, 0.15) is 11.5 Å². The zero-order valence-electron chi connectivity index (χ0n) is 11.8. The standard InChI is InChI=1S/C15H16N2O4/c1-20-14-8-3-11(15(9-14)21-2)10-16-12-4-6-13(7-5-12)17(18)19/h3-9,16H,10H2,1-2H3. The molecule has 6 nitrogen and oxygen atoms in total. The van der Waals surface area contributed by atoms with Crippen LogP contribution in [0.3, 0.4) is 0 Å². The Labute approximate surface area is 122 Å². The summed E-state index contributed by atoms with van der Waals surface area (Å²) < 4.78 is 10.5. The van der Waals surface area contributed by atoms with E-state index in [2.05, 4.69) is 5.32 Å². The van der Waals surface area contributed by atoms with Gasteiger partial charge >= 0.3 is 0 Å². The molecule has 0 atom stereocenters. The Morgan fingerprint density at radius 2 is 1.81 bits per heavy atom. The zero-order chi connectivity index (χ0) is 15.2. The molecule has 1 N–H and O–H groups in total. The van der Waals surface area contributed by atoms with Crippen LogP contribution in [0.25, 0.3) is 0 Å². The molecule has 0 saturated carbocycles. The van der Waals surface area contributed by atoms with E-state index in [-0.39, 0.29) is 5.69 Å². The fourth-order valence-electron chi connectivity index (χ4n) is 1.90. The molecule has 2 rings (SSSR count). The average molecular weight is 288 g/mol. The van der Waals surface area contributed by atoms with Crippen molar-refractivity contribution >= 4 is 11.4 Å². The lowest BCUT2D eigenvalue weighted by atomic mass is 10.2. The maximum Gasteiger partial charge on any atom is 0.269 e. The largest absolute Gasteiger partial charge is 0.497 e. The van der Waals surface area contributed by atoms with E-state index in [4.69, 9.17) is 9.47 Å². The zero-order valence-corrected chi connectivity index (χ0v) is 11.8. The van der Waals surface area contributed by atoms with E-state index in [0.717, 1.165) is 22.7 Å². The molecule has 110 valence electrons. The molecule has 6 heteroatoms. The topological polar surface area (TPSA) is 73.6 Å². The highest BCUT2D eigenvalue weighted by atomic mass is 16.6. The minimum atomic E-state index is -0.420. The predicted molar refractivity (Wildman–Crippen MR) is 80.0 cm³/mol. The van der Waals surface area contributed by atoms with E-state index in [0.29, 0.717) is 6.54 Å². The van der Waals surface area contributed by atoms with Gasteiger partial charge in [0, 0.05) is 36.0 Å². The van der Waals surface area contributed by atoms with Crippen LogP contribution < -0.4 is 14.8 Å². The molecule has 0 unspecified atom stereocenters. The van der Waals surface area contributed by atoms with Crippen molar-refractivity contribution in [3.05, 3.63) is 58.1 Å². The number of hydrogen-bond donors (Lipinski definition) is 1. The normalized spacial score (nSPS) is 10.0. The highest BCUT2D eigenvalue weighted by Crippen LogP contribution is 2.25. The van der Waals surface area contributed by atoms with E-state index in [1.54, 1.807) is 26.4 Å². The van der Waals surface area contributed by atoms with Crippen molar-refractivity contribution in [2.24, 2.45) is 0 Å². The number of nitrogens with zero attached hydrogens (tertiary/aromatic N) is 1. The first-order valence-corrected chi connectivity index (χ1v) is 6.33. The number of methoxy groups -OCH3 is 2. The number of non-ortho nitro benzene ring substituents is 1. The van der Waals surface area contributed by atoms with Gasteiger partial charge in [-0.05, 0) is 24.3 Å². The molecule has 0 amide bonds. The molecule has 0 saturated heterocycles. The Kier molecular flexibility index (Phi) is 4.61. The maximum absolute atomic E-state index is 10.6. The van der Waals surface area contributed by atoms with E-state index in [9.17, 15) is 10.1 Å². The van der Waals surface area contributed by atoms with Gasteiger partial charge in [0.25, 0.3) is 5.69 Å². The molecule has 21 heavy (non-hydrogen) atoms. The van der Waals surface area contributed by atoms with E-state index in [1.165, 1.54) is 12.1 Å². The molecular formula is C15H16N2O4. The van der Waals surface area contributed by atoms with Crippen molar-refractivity contribution in [3.63, 3.8) is 0 Å². The van der Waals surface area contributed by atoms with Crippen LogP contribution in [0, 0.1) is 10.1 Å². The van der Waals surface area contributed by atoms with E-state index < -0.39 is 4.92 Å². The molecule has 0 aliphatic rings. The molecule has 0 heterocycles. The molecular weight excluding hydrogens is 272 g/mol. The summed E-state index contributed by atoms with van der Waals surface area (Å²) in [5, 5.41) is 13.8. The Morgan fingerprint density at radius 3 is 2.38 bits per heavy atom. The number of ether oxygens (including phenoxy) is 2. The highest BCUT2D eigenvalue weighted by Gasteiger charge is 2.06. The second-order valence-electron chi connectivity index (χ2n) is 4.34. The Hall–Kier alpha value is -2.76. The summed E-state index contributed by atoms with van der Waals surface area (Å²) in [5.74, 6) is 1.45. The minimum absolute atomic E-state index is 0.0718. The monoisotopic (exact) mass is 288 g/mol. The summed E-state index contributed by atoms with van der Waals surface area (Å²) in [6.07, 6.45) is 0. The van der Waals surface area contributed by atoms with Gasteiger partial charge in [-0.2, -0.15) is 0 Å². The fraction of sp³-hybridized carbons (Fsp3) is 0.200. The predicted octanol–water partition coefficient (Wildman–Crippen LogP) is 3.22. The number of nitrogens with one attached hydrogen (secondary N) is 1. The average Bonchev–Trinajstić information content (AvgIpc) is 2.53. The number of hydrogen-bond acceptors (Lipinski definition) is 5. The van der Waals surface area contributed by atoms with Crippen LogP contribution in [0.4, 0.5) is 11.4 Å². The smallest absolute Gasteiger partial charge is 0.269 e. The third-order valence-electron chi connectivity index (χ3n) is 3.06. The number of nitro groups is 1. The van der Waals surface area contributed by atoms with Gasteiger partial charge < -0.3 is 14.8 Å². The van der Waals surface area contributed by atoms with Crippen molar-refractivity contribution in [1.29, 1.82) is 0 Å². The van der Waals surface area contributed by atoms with Crippen LogP contribution >= 0.6 is 0 Å². The van der Waals surface area contributed by atoms with Gasteiger partial charge in [0.2, 0.25) is 0 Å². The Morgan fingerprint density at radius 1 is 1.10 bits per heavy atom. The maximum atomic E-state index is 10.6. The van der Waals surface area contributed by atoms with Crippen LogP contribution in [0.15, 0.2) is 42.5 Å². The van der Waals surface area contributed by atoms with Crippen molar-refractivity contribution in [3.8, 4) is 11.5 Å². The second kappa shape index (κ2) is 6.60. The minimum Gasteiger partial charge on any atom is -0.497 e. The third kappa shape index (κ3) is 3.62. The number of nitro benzene ring substituents is 1. The van der Waals surface area contributed by atoms with Gasteiger partial charge in [0.15, 0.2) is 0 Å². The molecule has 0 radical (unpaired) electrons. The van der Waals surface area contributed by atoms with E-state index >= 15 is 0 Å². The summed E-state index contributed by atoms with van der Waals surface area (Å²) in [6.45, 7) is 0.547. The van der Waals surface area contributed by atoms with Crippen molar-refractivity contribution in [2.45, 2.75) is 6.54 Å². The third-order valence-corrected chi connectivity index (χ3v) is 3.06. The highest BCUT2D eigenvalue weighted by molar-refractivity contribution is 5.50. The molecule has 0 aliphatic carbocycles. The quantitative estimate of drug-likeness (QED) is 0.652. The van der Waals surface area contributed by atoms with Crippen molar-refractivity contribution in [1.82, 2.24) is 0 Å². The molecule has 0 aromatic heterocycles. The Bertz CT molecular complexity index is 626. The van der Waals surface area contributed by atoms with Crippen LogP contribution in [0.1, 0.15) is 5.56 Å². The lowest BCUT2D eigenvalue weighted by Gasteiger charge is -2.12. The lowest BCUT2D eigenvalue weighted by molar-refractivity contribution is -0.384. The SMILES string of the molecule is COc1ccc(CNc2ccc([N+](=O)[O-])cc2)c(OC)c1. The van der Waals surface area contributed by atoms with Crippen molar-refractivity contribution in [2.75, 3.05) is 19.5 Å². The van der Waals surface area contributed by atoms with Gasteiger partial charge in [-0.15, -0.1) is 0 Å². The van der Waals surface area contributed by atoms with Gasteiger partial charge in [-0.1, -0.05) is 0 Å². The number of anilines is 1. The fourth-order valence-corrected chi connectivity index (χ4v) is 1.90. The molecule has 0 aliphatic heterocycles. The first kappa shape index (κ1) is 14.6. The first-order valence-electron chi connectivity index (χ1n) is 6.33. The van der Waals surface area contributed by atoms with Gasteiger partial charge in [0.05, 0.1) is 19.1 Å². The summed E-state index contributed by atoms with van der Waals surface area (Å²) in [6, 6.07) is 11.9. The van der Waals surface area contributed by atoms with Gasteiger partial charge in [-0.3, -0.25) is 10.1 Å². The number of rotatable bonds is 6. The van der Waals surface area contributed by atoms with Crippen molar-refractivity contribution < 1.29 is 14.4 Å². The summed E-state index contributed by atoms with van der Waals surface area (Å²) in [5.41, 5.74) is 1.85. The lowest BCUT2D eigenvalue weighted by Crippen LogP contribution is -2.02. The van der Waals surface area contributed by atoms with E-state index in [1.807, 2.05) is 18.2 Å². The number of benzene rings is 2. The molecule has 0 fully saturated rings. The molecule has 0 spiro atoms. The summed E-state index contributed by atoms with van der Waals surface area (Å²) in [4.78, 5) is 10.2. The van der Waals surface area contributed by atoms with Crippen LogP contribution in [0.2, 0.25) is 0 Å². The van der Waals surface area contributed by atoms with Gasteiger partial charge in [-0.25, -0.2) is 0 Å². The second-order valence-corrected chi connectivity index (χ2v) is 4.34. The van der Waals surface area contributed by atoms with Crippen LogP contribution in [0.5, 0.6) is 11.5 Å². The molecule has 2 aromatic rings. The van der Waals surface area contributed by atoms with Crippen LogP contribution in [-0.2, 0) is 6.54 Å². The first-order chi connectivity index (χ1) is 10.1. The Balaban J connectivity index is 2.07. The van der Waals surface area contributed by atoms with Crippen LogP contribution in [-0.4, -0.2) is 19.1 Å². The molecule has 2 aromatic carbocycles. The summed E-state index contributed by atoms with van der Waals surface area (Å²) >= 11 is 0. The summed E-state index contributed by atoms with van der Waals surface area (Å²) in [7, 11) is 3.20. The molecule has 0 bridgehead atoms.